The van der Waals surface area contributed by atoms with Gasteiger partial charge in [0.15, 0.2) is 0 Å². The van der Waals surface area contributed by atoms with E-state index in [0.717, 1.165) is 22.9 Å². The van der Waals surface area contributed by atoms with Crippen LogP contribution in [0.25, 0.3) is 16.6 Å². The zero-order chi connectivity index (χ0) is 19.7. The summed E-state index contributed by atoms with van der Waals surface area (Å²) in [6.07, 6.45) is 1.01. The number of rotatable bonds is 4. The maximum Gasteiger partial charge on any atom is 0.405 e. The molecule has 0 aliphatic rings. The Balaban J connectivity index is 2.44. The van der Waals surface area contributed by atoms with Crippen molar-refractivity contribution in [2.24, 2.45) is 0 Å². The fourth-order valence-corrected chi connectivity index (χ4v) is 2.97. The normalized spacial score (nSPS) is 12.1. The molecule has 0 saturated carbocycles. The van der Waals surface area contributed by atoms with Crippen molar-refractivity contribution in [2.75, 3.05) is 0 Å². The fraction of sp³-hybridized carbons (Fsp3) is 0.176. The smallest absolute Gasteiger partial charge is 0.405 e. The molecule has 7 nitrogen and oxygen atoms in total. The van der Waals surface area contributed by atoms with Crippen LogP contribution in [0.5, 0.6) is 0 Å². The second-order valence-corrected chi connectivity index (χ2v) is 6.04. The van der Waals surface area contributed by atoms with Gasteiger partial charge in [-0.05, 0) is 18.6 Å². The summed E-state index contributed by atoms with van der Waals surface area (Å²) in [5, 5.41) is 11.1. The Bertz CT molecular complexity index is 1100. The topological polar surface area (TPSA) is 97.1 Å². The number of benzene rings is 1. The van der Waals surface area contributed by atoms with Crippen LogP contribution in [0.3, 0.4) is 0 Å². The zero-order valence-electron chi connectivity index (χ0n) is 13.9. The summed E-state index contributed by atoms with van der Waals surface area (Å²) in [6, 6.07) is 2.34. The lowest BCUT2D eigenvalue weighted by Gasteiger charge is -2.20. The van der Waals surface area contributed by atoms with Gasteiger partial charge in [-0.25, -0.2) is 18.6 Å². The number of carbonyl (C=O) groups is 1. The minimum absolute atomic E-state index is 0.00960. The van der Waals surface area contributed by atoms with Gasteiger partial charge < -0.3 is 10.4 Å². The van der Waals surface area contributed by atoms with E-state index in [4.69, 9.17) is 16.7 Å². The first-order valence-corrected chi connectivity index (χ1v) is 8.22. The summed E-state index contributed by atoms with van der Waals surface area (Å²) in [7, 11) is 0. The highest BCUT2D eigenvalue weighted by molar-refractivity contribution is 6.35. The van der Waals surface area contributed by atoms with Crippen molar-refractivity contribution in [3.8, 4) is 5.69 Å². The third-order valence-corrected chi connectivity index (χ3v) is 4.23. The SMILES string of the molecule is CC[C@H](NC(=O)O)c1nc2c(F)ccc(Cl)c2c(=O)n1-c1cncc(F)c1. The van der Waals surface area contributed by atoms with E-state index in [1.807, 2.05) is 0 Å². The van der Waals surface area contributed by atoms with Crippen LogP contribution >= 0.6 is 11.6 Å². The van der Waals surface area contributed by atoms with Crippen molar-refractivity contribution < 1.29 is 18.7 Å². The summed E-state index contributed by atoms with van der Waals surface area (Å²) in [4.78, 5) is 32.1. The van der Waals surface area contributed by atoms with Gasteiger partial charge in [0.2, 0.25) is 0 Å². The van der Waals surface area contributed by atoms with Crippen molar-refractivity contribution >= 4 is 28.6 Å². The van der Waals surface area contributed by atoms with Crippen molar-refractivity contribution in [1.82, 2.24) is 19.9 Å². The number of hydrogen-bond acceptors (Lipinski definition) is 4. The summed E-state index contributed by atoms with van der Waals surface area (Å²) in [5.74, 6) is -1.61. The zero-order valence-corrected chi connectivity index (χ0v) is 14.7. The molecule has 27 heavy (non-hydrogen) atoms. The van der Waals surface area contributed by atoms with Crippen LogP contribution in [-0.2, 0) is 0 Å². The standard InChI is InChI=1S/C17H13ClF2N4O3/c1-2-12(22-17(26)27)15-23-14-11(20)4-3-10(18)13(14)16(25)24(15)9-5-8(19)6-21-7-9/h3-7,12,22H,2H2,1H3,(H,26,27)/t12-/m0/s1. The van der Waals surface area contributed by atoms with Gasteiger partial charge in [-0.1, -0.05) is 18.5 Å². The maximum absolute atomic E-state index is 14.3. The molecule has 0 aliphatic heterocycles. The van der Waals surface area contributed by atoms with E-state index < -0.39 is 29.3 Å². The number of carboxylic acid groups (broad SMARTS) is 1. The molecule has 3 aromatic rings. The molecule has 140 valence electrons. The second kappa shape index (κ2) is 7.28. The van der Waals surface area contributed by atoms with Gasteiger partial charge in [-0.15, -0.1) is 0 Å². The first kappa shape index (κ1) is 18.7. The van der Waals surface area contributed by atoms with Gasteiger partial charge in [-0.2, -0.15) is 0 Å². The predicted octanol–water partition coefficient (Wildman–Crippen LogP) is 3.43. The van der Waals surface area contributed by atoms with Gasteiger partial charge in [0.05, 0.1) is 34.5 Å². The van der Waals surface area contributed by atoms with E-state index in [9.17, 15) is 18.4 Å². The summed E-state index contributed by atoms with van der Waals surface area (Å²) in [6.45, 7) is 1.65. The molecule has 0 spiro atoms. The molecule has 1 atom stereocenters. The largest absolute Gasteiger partial charge is 0.465 e. The van der Waals surface area contributed by atoms with Crippen LogP contribution < -0.4 is 10.9 Å². The predicted molar refractivity (Wildman–Crippen MR) is 94.3 cm³/mol. The Morgan fingerprint density at radius 3 is 2.74 bits per heavy atom. The molecule has 2 N–H and O–H groups in total. The van der Waals surface area contributed by atoms with Crippen LogP contribution in [0.1, 0.15) is 25.2 Å². The number of amides is 1. The Morgan fingerprint density at radius 1 is 1.37 bits per heavy atom. The summed E-state index contributed by atoms with van der Waals surface area (Å²) in [5.41, 5.74) is -1.05. The molecule has 0 aliphatic carbocycles. The third kappa shape index (κ3) is 3.45. The van der Waals surface area contributed by atoms with Gasteiger partial charge in [0.25, 0.3) is 5.56 Å². The molecule has 3 rings (SSSR count). The van der Waals surface area contributed by atoms with E-state index in [1.54, 1.807) is 6.92 Å². The highest BCUT2D eigenvalue weighted by Gasteiger charge is 2.24. The third-order valence-electron chi connectivity index (χ3n) is 3.92. The maximum atomic E-state index is 14.3. The van der Waals surface area contributed by atoms with E-state index >= 15 is 0 Å². The van der Waals surface area contributed by atoms with Crippen LogP contribution in [0.4, 0.5) is 13.6 Å². The lowest BCUT2D eigenvalue weighted by Crippen LogP contribution is -2.34. The second-order valence-electron chi connectivity index (χ2n) is 5.64. The molecule has 1 aromatic carbocycles. The van der Waals surface area contributed by atoms with Gasteiger partial charge >= 0.3 is 6.09 Å². The molecular weight excluding hydrogens is 382 g/mol. The van der Waals surface area contributed by atoms with Crippen molar-refractivity contribution in [2.45, 2.75) is 19.4 Å². The van der Waals surface area contributed by atoms with Crippen molar-refractivity contribution in [3.63, 3.8) is 0 Å². The molecule has 0 bridgehead atoms. The number of hydrogen-bond donors (Lipinski definition) is 2. The number of nitrogens with zero attached hydrogens (tertiary/aromatic N) is 3. The van der Waals surface area contributed by atoms with Gasteiger partial charge in [-0.3, -0.25) is 14.3 Å². The number of nitrogens with one attached hydrogen (secondary N) is 1. The lowest BCUT2D eigenvalue weighted by molar-refractivity contribution is 0.188. The Kier molecular flexibility index (Phi) is 5.04. The summed E-state index contributed by atoms with van der Waals surface area (Å²) < 4.78 is 28.9. The van der Waals surface area contributed by atoms with Crippen molar-refractivity contribution in [1.29, 1.82) is 0 Å². The van der Waals surface area contributed by atoms with E-state index in [1.165, 1.54) is 12.3 Å². The molecule has 0 unspecified atom stereocenters. The van der Waals surface area contributed by atoms with Gasteiger partial charge in [0.1, 0.15) is 23.0 Å². The molecule has 0 saturated heterocycles. The molecule has 2 aromatic heterocycles. The summed E-state index contributed by atoms with van der Waals surface area (Å²) >= 11 is 6.06. The molecule has 10 heteroatoms. The van der Waals surface area contributed by atoms with Crippen LogP contribution in [0.15, 0.2) is 35.4 Å². The molecule has 0 radical (unpaired) electrons. The number of pyridine rings is 1. The van der Waals surface area contributed by atoms with Crippen LogP contribution in [0.2, 0.25) is 5.02 Å². The lowest BCUT2D eigenvalue weighted by atomic mass is 10.1. The fourth-order valence-electron chi connectivity index (χ4n) is 2.74. The van der Waals surface area contributed by atoms with E-state index in [-0.39, 0.29) is 33.9 Å². The average molecular weight is 395 g/mol. The first-order chi connectivity index (χ1) is 12.8. The molecule has 1 amide bonds. The molecule has 0 fully saturated rings. The first-order valence-electron chi connectivity index (χ1n) is 7.84. The monoisotopic (exact) mass is 394 g/mol. The quantitative estimate of drug-likeness (QED) is 0.706. The highest BCUT2D eigenvalue weighted by Crippen LogP contribution is 2.25. The Morgan fingerprint density at radius 2 is 2.11 bits per heavy atom. The van der Waals surface area contributed by atoms with Crippen LogP contribution in [-0.4, -0.2) is 25.7 Å². The minimum atomic E-state index is -1.35. The van der Waals surface area contributed by atoms with Crippen LogP contribution in [0, 0.1) is 11.6 Å². The van der Waals surface area contributed by atoms with E-state index in [0.29, 0.717) is 0 Å². The molecular formula is C17H13ClF2N4O3. The average Bonchev–Trinajstić information content (AvgIpc) is 2.62. The Hall–Kier alpha value is -3.07. The number of fused-ring (bicyclic) bond motifs is 1. The number of aromatic nitrogens is 3. The van der Waals surface area contributed by atoms with E-state index in [2.05, 4.69) is 15.3 Å². The minimum Gasteiger partial charge on any atom is -0.465 e. The van der Waals surface area contributed by atoms with Gasteiger partial charge in [0, 0.05) is 6.07 Å². The number of halogens is 3. The Labute approximate surface area is 156 Å². The van der Waals surface area contributed by atoms with Crippen molar-refractivity contribution in [3.05, 3.63) is 63.4 Å². The molecule has 2 heterocycles. The highest BCUT2D eigenvalue weighted by atomic mass is 35.5.